The first-order valence-electron chi connectivity index (χ1n) is 5.12. The average Bonchev–Trinajstić information content (AvgIpc) is 2.29. The Morgan fingerprint density at radius 3 is 2.41 bits per heavy atom. The van der Waals surface area contributed by atoms with Crippen molar-refractivity contribution in [1.82, 2.24) is 5.32 Å². The van der Waals surface area contributed by atoms with E-state index in [1.165, 1.54) is 26.2 Å². The maximum Gasteiger partial charge on any atom is 0.328 e. The second-order valence-corrected chi connectivity index (χ2v) is 3.61. The van der Waals surface area contributed by atoms with Crippen molar-refractivity contribution in [3.63, 3.8) is 0 Å². The number of hydrogen-bond acceptors (Lipinski definition) is 3. The maximum atomic E-state index is 12.7. The van der Waals surface area contributed by atoms with E-state index in [2.05, 4.69) is 10.1 Å². The van der Waals surface area contributed by atoms with E-state index in [1.54, 1.807) is 12.1 Å². The van der Waals surface area contributed by atoms with E-state index >= 15 is 0 Å². The molecule has 17 heavy (non-hydrogen) atoms. The molecule has 0 radical (unpaired) electrons. The van der Waals surface area contributed by atoms with E-state index in [4.69, 9.17) is 0 Å². The zero-order chi connectivity index (χ0) is 12.8. The van der Waals surface area contributed by atoms with Gasteiger partial charge in [-0.15, -0.1) is 0 Å². The molecule has 0 aliphatic carbocycles. The smallest absolute Gasteiger partial charge is 0.328 e. The molecule has 1 atom stereocenters. The molecule has 0 aliphatic rings. The second-order valence-electron chi connectivity index (χ2n) is 3.61. The van der Waals surface area contributed by atoms with Crippen LogP contribution in [0.5, 0.6) is 0 Å². The number of ether oxygens (including phenoxy) is 1. The predicted octanol–water partition coefficient (Wildman–Crippen LogP) is 1.05. The van der Waals surface area contributed by atoms with Crippen molar-refractivity contribution < 1.29 is 18.7 Å². The van der Waals surface area contributed by atoms with Gasteiger partial charge in [-0.3, -0.25) is 4.79 Å². The van der Waals surface area contributed by atoms with E-state index < -0.39 is 12.0 Å². The number of carbonyl (C=O) groups excluding carboxylic acids is 2. The molecule has 0 spiro atoms. The molecule has 0 bridgehead atoms. The number of halogens is 1. The number of benzene rings is 1. The summed E-state index contributed by atoms with van der Waals surface area (Å²) in [5, 5.41) is 2.49. The molecule has 0 fully saturated rings. The van der Waals surface area contributed by atoms with Crippen molar-refractivity contribution in [2.75, 3.05) is 7.11 Å². The van der Waals surface area contributed by atoms with Crippen molar-refractivity contribution in [1.29, 1.82) is 0 Å². The second kappa shape index (κ2) is 5.98. The van der Waals surface area contributed by atoms with E-state index in [0.717, 1.165) is 5.56 Å². The summed E-state index contributed by atoms with van der Waals surface area (Å²) in [7, 11) is 1.25. The Bertz CT molecular complexity index is 403. The number of nitrogens with one attached hydrogen (secondary N) is 1. The van der Waals surface area contributed by atoms with Gasteiger partial charge >= 0.3 is 5.97 Å². The van der Waals surface area contributed by atoms with Crippen LogP contribution in [0.25, 0.3) is 0 Å². The van der Waals surface area contributed by atoms with Crippen LogP contribution in [0.15, 0.2) is 24.3 Å². The highest BCUT2D eigenvalue weighted by molar-refractivity contribution is 5.83. The van der Waals surface area contributed by atoms with Gasteiger partial charge in [0.15, 0.2) is 0 Å². The molecule has 0 saturated carbocycles. The summed E-state index contributed by atoms with van der Waals surface area (Å²) in [4.78, 5) is 22.3. The average molecular weight is 238 g/mol. The fourth-order valence-electron chi connectivity index (χ4n) is 1.44. The predicted molar refractivity (Wildman–Crippen MR) is 59.7 cm³/mol. The SMILES string of the molecule is COC(=O)[C@H](Cc1ccc([18F])cc1)NC(C)=O. The molecule has 0 aliphatic heterocycles. The maximum absolute atomic E-state index is 12.7. The Balaban J connectivity index is 2.75. The van der Waals surface area contributed by atoms with Crippen LogP contribution in [0, 0.1) is 5.82 Å². The fourth-order valence-corrected chi connectivity index (χ4v) is 1.44. The number of rotatable bonds is 4. The molecule has 1 N–H and O–H groups in total. The third kappa shape index (κ3) is 4.22. The first-order chi connectivity index (χ1) is 8.02. The minimum absolute atomic E-state index is 0.270. The van der Waals surface area contributed by atoms with E-state index in [1.807, 2.05) is 0 Å². The van der Waals surface area contributed by atoms with Gasteiger partial charge in [0.1, 0.15) is 11.9 Å². The summed E-state index contributed by atoms with van der Waals surface area (Å²) >= 11 is 0. The number of carbonyl (C=O) groups is 2. The molecule has 0 unspecified atom stereocenters. The highest BCUT2D eigenvalue weighted by Gasteiger charge is 2.20. The van der Waals surface area contributed by atoms with Crippen LogP contribution in [0.1, 0.15) is 12.5 Å². The number of methoxy groups -OCH3 is 1. The van der Waals surface area contributed by atoms with Crippen molar-refractivity contribution in [3.8, 4) is 0 Å². The van der Waals surface area contributed by atoms with E-state index in [-0.39, 0.29) is 18.1 Å². The molecular formula is C12H14FNO3. The molecule has 4 nitrogen and oxygen atoms in total. The zero-order valence-electron chi connectivity index (χ0n) is 9.70. The summed E-state index contributed by atoms with van der Waals surface area (Å²) in [6.45, 7) is 1.32. The van der Waals surface area contributed by atoms with Gasteiger partial charge in [0.25, 0.3) is 0 Å². The first kappa shape index (κ1) is 13.2. The van der Waals surface area contributed by atoms with Gasteiger partial charge in [-0.1, -0.05) is 12.1 Å². The molecule has 1 amide bonds. The van der Waals surface area contributed by atoms with Crippen LogP contribution in [0.2, 0.25) is 0 Å². The summed E-state index contributed by atoms with van der Waals surface area (Å²) in [5.41, 5.74) is 0.746. The Morgan fingerprint density at radius 1 is 1.35 bits per heavy atom. The molecule has 92 valence electrons. The van der Waals surface area contributed by atoms with Crippen LogP contribution >= 0.6 is 0 Å². The minimum atomic E-state index is -0.747. The lowest BCUT2D eigenvalue weighted by atomic mass is 10.1. The Labute approximate surface area is 98.8 Å². The van der Waals surface area contributed by atoms with Gasteiger partial charge in [0, 0.05) is 13.3 Å². The molecular weight excluding hydrogens is 224 g/mol. The molecule has 1 rings (SSSR count). The third-order valence-corrected chi connectivity index (χ3v) is 2.22. The summed E-state index contributed by atoms with van der Waals surface area (Å²) in [6, 6.07) is 4.98. The normalized spacial score (nSPS) is 11.7. The van der Waals surface area contributed by atoms with Crippen molar-refractivity contribution in [2.24, 2.45) is 0 Å². The van der Waals surface area contributed by atoms with Gasteiger partial charge < -0.3 is 10.1 Å². The Hall–Kier alpha value is -1.91. The minimum Gasteiger partial charge on any atom is -0.467 e. The standard InChI is InChI=1S/C12H14FNO3/c1-8(15)14-11(12(16)17-2)7-9-3-5-10(13)6-4-9/h3-6,11H,7H2,1-2H3,(H,14,15)/t11-/m0/s1/i13-1. The first-order valence-corrected chi connectivity index (χ1v) is 5.12. The molecule has 1 aromatic rings. The lowest BCUT2D eigenvalue weighted by Gasteiger charge is -2.15. The van der Waals surface area contributed by atoms with Crippen LogP contribution in [-0.2, 0) is 20.7 Å². The summed E-state index contributed by atoms with van der Waals surface area (Å²) in [5.74, 6) is -1.19. The van der Waals surface area contributed by atoms with Gasteiger partial charge in [-0.25, -0.2) is 9.18 Å². The monoisotopic (exact) mass is 238 g/mol. The zero-order valence-corrected chi connectivity index (χ0v) is 9.70. The number of hydrogen-bond donors (Lipinski definition) is 1. The molecule has 1 aromatic carbocycles. The summed E-state index contributed by atoms with van der Waals surface area (Å²) in [6.07, 6.45) is 0.270. The molecule has 0 saturated heterocycles. The fraction of sp³-hybridized carbons (Fsp3) is 0.333. The van der Waals surface area contributed by atoms with Crippen LogP contribution < -0.4 is 5.32 Å². The van der Waals surface area contributed by atoms with Gasteiger partial charge in [0.05, 0.1) is 7.11 Å². The Kier molecular flexibility index (Phi) is 4.63. The lowest BCUT2D eigenvalue weighted by Crippen LogP contribution is -2.41. The topological polar surface area (TPSA) is 55.4 Å². The van der Waals surface area contributed by atoms with E-state index in [9.17, 15) is 14.0 Å². The van der Waals surface area contributed by atoms with Gasteiger partial charge in [-0.2, -0.15) is 0 Å². The third-order valence-electron chi connectivity index (χ3n) is 2.22. The Morgan fingerprint density at radius 2 is 1.94 bits per heavy atom. The number of esters is 1. The molecule has 0 heterocycles. The van der Waals surface area contributed by atoms with Crippen molar-refractivity contribution in [2.45, 2.75) is 19.4 Å². The highest BCUT2D eigenvalue weighted by atomic mass is 18.2. The largest absolute Gasteiger partial charge is 0.467 e. The van der Waals surface area contributed by atoms with Gasteiger partial charge in [0.2, 0.25) is 5.91 Å². The summed E-state index contributed by atoms with van der Waals surface area (Å²) < 4.78 is 17.3. The van der Waals surface area contributed by atoms with Crippen LogP contribution in [0.3, 0.4) is 0 Å². The van der Waals surface area contributed by atoms with Crippen LogP contribution in [-0.4, -0.2) is 25.0 Å². The van der Waals surface area contributed by atoms with Gasteiger partial charge in [-0.05, 0) is 17.7 Å². The lowest BCUT2D eigenvalue weighted by molar-refractivity contribution is -0.144. The quantitative estimate of drug-likeness (QED) is 0.797. The van der Waals surface area contributed by atoms with Crippen molar-refractivity contribution >= 4 is 11.9 Å². The highest BCUT2D eigenvalue weighted by Crippen LogP contribution is 2.06. The number of amides is 1. The van der Waals surface area contributed by atoms with Crippen molar-refractivity contribution in [3.05, 3.63) is 35.6 Å². The molecule has 5 heteroatoms. The molecule has 0 aromatic heterocycles. The van der Waals surface area contributed by atoms with E-state index in [0.29, 0.717) is 0 Å². The van der Waals surface area contributed by atoms with Crippen LogP contribution in [0.4, 0.5) is 4.39 Å².